The molecular formula is C12H20F3NO3. The van der Waals surface area contributed by atoms with Gasteiger partial charge >= 0.3 is 12.1 Å². The Hall–Kier alpha value is -0.820. The molecule has 0 radical (unpaired) electrons. The van der Waals surface area contributed by atoms with Gasteiger partial charge in [0.05, 0.1) is 6.61 Å². The molecule has 4 nitrogen and oxygen atoms in total. The second-order valence-corrected chi connectivity index (χ2v) is 4.61. The lowest BCUT2D eigenvalue weighted by Gasteiger charge is -2.28. The standard InChI is InChI=1S/C12H20F3NO3/c1-2-3-6-18-7-8-19-10(17)11(12(13,14)15)4-5-16-9-11/h16H,2-9H2,1H3. The topological polar surface area (TPSA) is 47.6 Å². The van der Waals surface area contributed by atoms with E-state index in [0.29, 0.717) is 6.61 Å². The Balaban J connectivity index is 2.38. The van der Waals surface area contributed by atoms with E-state index < -0.39 is 24.1 Å². The number of carbonyl (C=O) groups is 1. The maximum absolute atomic E-state index is 13.0. The molecule has 1 aliphatic rings. The van der Waals surface area contributed by atoms with Gasteiger partial charge in [0.1, 0.15) is 6.61 Å². The lowest BCUT2D eigenvalue weighted by molar-refractivity contribution is -0.229. The molecule has 0 saturated carbocycles. The van der Waals surface area contributed by atoms with Crippen molar-refractivity contribution in [3.05, 3.63) is 0 Å². The molecule has 1 N–H and O–H groups in total. The highest BCUT2D eigenvalue weighted by Crippen LogP contribution is 2.43. The summed E-state index contributed by atoms with van der Waals surface area (Å²) in [6.07, 6.45) is -3.00. The summed E-state index contributed by atoms with van der Waals surface area (Å²) in [5.41, 5.74) is -2.39. The second-order valence-electron chi connectivity index (χ2n) is 4.61. The third-order valence-corrected chi connectivity index (χ3v) is 3.19. The Kier molecular flexibility index (Phi) is 6.06. The molecule has 0 aromatic heterocycles. The number of alkyl halides is 3. The average molecular weight is 283 g/mol. The quantitative estimate of drug-likeness (QED) is 0.572. The molecule has 1 heterocycles. The molecule has 1 aliphatic heterocycles. The van der Waals surface area contributed by atoms with E-state index in [2.05, 4.69) is 5.32 Å². The molecule has 0 aliphatic carbocycles. The fourth-order valence-corrected chi connectivity index (χ4v) is 1.90. The number of halogens is 3. The largest absolute Gasteiger partial charge is 0.463 e. The zero-order chi connectivity index (χ0) is 14.4. The number of unbranched alkanes of at least 4 members (excludes halogenated alkanes) is 1. The smallest absolute Gasteiger partial charge is 0.406 e. The van der Waals surface area contributed by atoms with Crippen molar-refractivity contribution in [3.63, 3.8) is 0 Å². The first-order valence-corrected chi connectivity index (χ1v) is 6.46. The van der Waals surface area contributed by atoms with Crippen molar-refractivity contribution in [1.82, 2.24) is 5.32 Å². The molecule has 1 atom stereocenters. The Labute approximate surface area is 110 Å². The molecule has 1 saturated heterocycles. The molecule has 112 valence electrons. The third-order valence-electron chi connectivity index (χ3n) is 3.19. The van der Waals surface area contributed by atoms with Crippen molar-refractivity contribution >= 4 is 5.97 Å². The molecule has 0 spiro atoms. The maximum atomic E-state index is 13.0. The number of hydrogen-bond acceptors (Lipinski definition) is 4. The van der Waals surface area contributed by atoms with Gasteiger partial charge in [0, 0.05) is 13.2 Å². The molecule has 0 amide bonds. The lowest BCUT2D eigenvalue weighted by atomic mass is 9.86. The lowest BCUT2D eigenvalue weighted by Crippen LogP contribution is -2.48. The summed E-state index contributed by atoms with van der Waals surface area (Å²) < 4.78 is 48.8. The SMILES string of the molecule is CCCCOCCOC(=O)C1(C(F)(F)F)CCNC1. The molecule has 1 fully saturated rings. The number of ether oxygens (including phenoxy) is 2. The van der Waals surface area contributed by atoms with Crippen LogP contribution in [0.2, 0.25) is 0 Å². The van der Waals surface area contributed by atoms with E-state index in [0.717, 1.165) is 12.8 Å². The van der Waals surface area contributed by atoms with E-state index >= 15 is 0 Å². The first kappa shape index (κ1) is 16.2. The first-order valence-electron chi connectivity index (χ1n) is 6.46. The monoisotopic (exact) mass is 283 g/mol. The van der Waals surface area contributed by atoms with Gasteiger partial charge in [-0.3, -0.25) is 4.79 Å². The summed E-state index contributed by atoms with van der Waals surface area (Å²) in [7, 11) is 0. The van der Waals surface area contributed by atoms with E-state index in [-0.39, 0.29) is 26.2 Å². The van der Waals surface area contributed by atoms with Crippen LogP contribution in [0.25, 0.3) is 0 Å². The zero-order valence-electron chi connectivity index (χ0n) is 11.0. The van der Waals surface area contributed by atoms with E-state index in [1.165, 1.54) is 0 Å². The van der Waals surface area contributed by atoms with Crippen molar-refractivity contribution in [1.29, 1.82) is 0 Å². The molecule has 1 rings (SSSR count). The molecule has 0 bridgehead atoms. The van der Waals surface area contributed by atoms with Gasteiger partial charge in [0.25, 0.3) is 0 Å². The van der Waals surface area contributed by atoms with Gasteiger partial charge in [-0.05, 0) is 19.4 Å². The van der Waals surface area contributed by atoms with Crippen LogP contribution < -0.4 is 5.32 Å². The third kappa shape index (κ3) is 4.07. The van der Waals surface area contributed by atoms with E-state index in [4.69, 9.17) is 9.47 Å². The van der Waals surface area contributed by atoms with Crippen LogP contribution in [-0.4, -0.2) is 45.1 Å². The van der Waals surface area contributed by atoms with Gasteiger partial charge in [0.2, 0.25) is 0 Å². The van der Waals surface area contributed by atoms with Crippen molar-refractivity contribution in [3.8, 4) is 0 Å². The average Bonchev–Trinajstić information content (AvgIpc) is 2.83. The van der Waals surface area contributed by atoms with Gasteiger partial charge in [-0.2, -0.15) is 13.2 Å². The maximum Gasteiger partial charge on any atom is 0.406 e. The van der Waals surface area contributed by atoms with Crippen molar-refractivity contribution in [2.75, 3.05) is 32.9 Å². The minimum atomic E-state index is -4.59. The fourth-order valence-electron chi connectivity index (χ4n) is 1.90. The number of esters is 1. The van der Waals surface area contributed by atoms with Crippen molar-refractivity contribution in [2.24, 2.45) is 5.41 Å². The van der Waals surface area contributed by atoms with Crippen LogP contribution >= 0.6 is 0 Å². The summed E-state index contributed by atoms with van der Waals surface area (Å²) in [4.78, 5) is 11.7. The predicted molar refractivity (Wildman–Crippen MR) is 62.7 cm³/mol. The van der Waals surface area contributed by atoms with Gasteiger partial charge in [-0.25, -0.2) is 0 Å². The van der Waals surface area contributed by atoms with Crippen molar-refractivity contribution in [2.45, 2.75) is 32.4 Å². The Morgan fingerprint density at radius 2 is 2.05 bits per heavy atom. The van der Waals surface area contributed by atoms with Crippen molar-refractivity contribution < 1.29 is 27.4 Å². The van der Waals surface area contributed by atoms with Gasteiger partial charge in [0.15, 0.2) is 5.41 Å². The fraction of sp³-hybridized carbons (Fsp3) is 0.917. The van der Waals surface area contributed by atoms with E-state index in [1.807, 2.05) is 6.92 Å². The summed E-state index contributed by atoms with van der Waals surface area (Å²) in [6.45, 7) is 2.28. The van der Waals surface area contributed by atoms with Crippen LogP contribution in [0.5, 0.6) is 0 Å². The Bertz CT molecular complexity index is 288. The predicted octanol–water partition coefficient (Wildman–Crippen LogP) is 1.89. The van der Waals surface area contributed by atoms with E-state index in [9.17, 15) is 18.0 Å². The number of rotatable bonds is 7. The van der Waals surface area contributed by atoms with Crippen LogP contribution in [0.3, 0.4) is 0 Å². The summed E-state index contributed by atoms with van der Waals surface area (Å²) in [6, 6.07) is 0. The van der Waals surface area contributed by atoms with Crippen LogP contribution in [0, 0.1) is 5.41 Å². The second kappa shape index (κ2) is 7.09. The van der Waals surface area contributed by atoms with Gasteiger partial charge < -0.3 is 14.8 Å². The summed E-state index contributed by atoms with van der Waals surface area (Å²) in [5, 5.41) is 2.57. The van der Waals surface area contributed by atoms with Crippen LogP contribution in [-0.2, 0) is 14.3 Å². The highest BCUT2D eigenvalue weighted by atomic mass is 19.4. The summed E-state index contributed by atoms with van der Waals surface area (Å²) >= 11 is 0. The molecule has 1 unspecified atom stereocenters. The highest BCUT2D eigenvalue weighted by Gasteiger charge is 2.62. The first-order chi connectivity index (χ1) is 8.94. The molecule has 7 heteroatoms. The van der Waals surface area contributed by atoms with E-state index in [1.54, 1.807) is 0 Å². The van der Waals surface area contributed by atoms with Gasteiger partial charge in [-0.1, -0.05) is 13.3 Å². The molecule has 0 aromatic rings. The minimum Gasteiger partial charge on any atom is -0.463 e. The number of carbonyl (C=O) groups excluding carboxylic acids is 1. The molecule has 19 heavy (non-hydrogen) atoms. The Morgan fingerprint density at radius 1 is 1.32 bits per heavy atom. The zero-order valence-corrected chi connectivity index (χ0v) is 11.0. The highest BCUT2D eigenvalue weighted by molar-refractivity contribution is 5.78. The van der Waals surface area contributed by atoms with Crippen LogP contribution in [0.15, 0.2) is 0 Å². The van der Waals surface area contributed by atoms with Crippen LogP contribution in [0.1, 0.15) is 26.2 Å². The molecular weight excluding hydrogens is 263 g/mol. The summed E-state index contributed by atoms with van der Waals surface area (Å²) in [5.74, 6) is -1.20. The Morgan fingerprint density at radius 3 is 2.58 bits per heavy atom. The number of hydrogen-bond donors (Lipinski definition) is 1. The van der Waals surface area contributed by atoms with Gasteiger partial charge in [-0.15, -0.1) is 0 Å². The minimum absolute atomic E-state index is 0.132. The molecule has 0 aromatic carbocycles. The number of nitrogens with one attached hydrogen (secondary N) is 1. The van der Waals surface area contributed by atoms with Crippen LogP contribution in [0.4, 0.5) is 13.2 Å². The normalized spacial score (nSPS) is 23.6.